The highest BCUT2D eigenvalue weighted by atomic mass is 28.3. The molecule has 1 unspecified atom stereocenters. The van der Waals surface area contributed by atoms with E-state index in [-0.39, 0.29) is 12.4 Å². The van der Waals surface area contributed by atoms with Crippen LogP contribution in [0.15, 0.2) is 6.20 Å². The third-order valence-electron chi connectivity index (χ3n) is 3.48. The van der Waals surface area contributed by atoms with Crippen LogP contribution in [0.5, 0.6) is 0 Å². The van der Waals surface area contributed by atoms with Crippen molar-refractivity contribution in [3.05, 3.63) is 17.7 Å². The molecular formula is C16H25N3O3Si. The van der Waals surface area contributed by atoms with Crippen molar-refractivity contribution >= 4 is 19.8 Å². The van der Waals surface area contributed by atoms with Gasteiger partial charge in [0.25, 0.3) is 0 Å². The Balaban J connectivity index is 2.91. The lowest BCUT2D eigenvalue weighted by Gasteiger charge is -2.18. The molecule has 0 spiro atoms. The standard InChI is InChI=1S/C16H25N3O3Si/c1-6-12-10-19(11-22-8-9-23(3,4)5)15(18-12)13(7-2)14(17)16(20)21/h1,10,13,17H,7-9,11H2,2-5H3,(H,20,21). The molecule has 126 valence electrons. The van der Waals surface area contributed by atoms with Gasteiger partial charge in [-0.15, -0.1) is 6.42 Å². The lowest BCUT2D eigenvalue weighted by Crippen LogP contribution is -2.25. The van der Waals surface area contributed by atoms with E-state index in [1.54, 1.807) is 10.8 Å². The van der Waals surface area contributed by atoms with Crippen LogP contribution in [0.25, 0.3) is 0 Å². The molecule has 1 aromatic heterocycles. The number of aromatic nitrogens is 2. The predicted molar refractivity (Wildman–Crippen MR) is 92.7 cm³/mol. The van der Waals surface area contributed by atoms with E-state index in [2.05, 4.69) is 30.5 Å². The van der Waals surface area contributed by atoms with Crippen LogP contribution < -0.4 is 0 Å². The van der Waals surface area contributed by atoms with Crippen molar-refractivity contribution in [2.45, 2.75) is 51.7 Å². The van der Waals surface area contributed by atoms with E-state index in [4.69, 9.17) is 21.7 Å². The zero-order valence-corrected chi connectivity index (χ0v) is 15.2. The van der Waals surface area contributed by atoms with Gasteiger partial charge in [0.2, 0.25) is 0 Å². The SMILES string of the molecule is C#Cc1cn(COCC[Si](C)(C)C)c(C(CC)C(=N)C(=O)O)n1. The number of carboxylic acid groups (broad SMARTS) is 1. The van der Waals surface area contributed by atoms with E-state index in [0.717, 1.165) is 6.04 Å². The molecule has 1 rings (SSSR count). The highest BCUT2D eigenvalue weighted by molar-refractivity contribution is 6.76. The fourth-order valence-corrected chi connectivity index (χ4v) is 2.84. The van der Waals surface area contributed by atoms with Gasteiger partial charge in [0.05, 0.1) is 5.92 Å². The molecule has 6 nitrogen and oxygen atoms in total. The first kappa shape index (κ1) is 19.1. The number of carbonyl (C=O) groups is 1. The van der Waals surface area contributed by atoms with Gasteiger partial charge in [-0.1, -0.05) is 26.6 Å². The number of aliphatic carboxylic acids is 1. The quantitative estimate of drug-likeness (QED) is 0.314. The van der Waals surface area contributed by atoms with Crippen LogP contribution in [-0.4, -0.2) is 41.0 Å². The number of ether oxygens (including phenoxy) is 1. The number of rotatable bonds is 9. The summed E-state index contributed by atoms with van der Waals surface area (Å²) < 4.78 is 7.41. The van der Waals surface area contributed by atoms with Gasteiger partial charge in [0.15, 0.2) is 0 Å². The fraction of sp³-hybridized carbons (Fsp3) is 0.562. The molecule has 1 heterocycles. The molecule has 7 heteroatoms. The molecule has 0 radical (unpaired) electrons. The van der Waals surface area contributed by atoms with Crippen molar-refractivity contribution in [3.63, 3.8) is 0 Å². The number of nitrogens with zero attached hydrogens (tertiary/aromatic N) is 2. The summed E-state index contributed by atoms with van der Waals surface area (Å²) in [7, 11) is -1.17. The first-order valence-electron chi connectivity index (χ1n) is 7.62. The molecule has 1 aromatic rings. The van der Waals surface area contributed by atoms with Gasteiger partial charge in [-0.25, -0.2) is 9.78 Å². The summed E-state index contributed by atoms with van der Waals surface area (Å²) in [6, 6.07) is 1.04. The summed E-state index contributed by atoms with van der Waals surface area (Å²) >= 11 is 0. The van der Waals surface area contributed by atoms with Gasteiger partial charge >= 0.3 is 5.97 Å². The Hall–Kier alpha value is -1.91. The number of nitrogens with one attached hydrogen (secondary N) is 1. The van der Waals surface area contributed by atoms with Crippen molar-refractivity contribution < 1.29 is 14.6 Å². The summed E-state index contributed by atoms with van der Waals surface area (Å²) in [6.07, 6.45) is 7.52. The van der Waals surface area contributed by atoms with E-state index >= 15 is 0 Å². The Bertz CT molecular complexity index is 611. The summed E-state index contributed by atoms with van der Waals surface area (Å²) in [5, 5.41) is 16.8. The van der Waals surface area contributed by atoms with Crippen molar-refractivity contribution in [2.75, 3.05) is 6.61 Å². The summed E-state index contributed by atoms with van der Waals surface area (Å²) in [5.41, 5.74) is 0.0375. The van der Waals surface area contributed by atoms with Gasteiger partial charge in [0, 0.05) is 20.9 Å². The van der Waals surface area contributed by atoms with Crippen LogP contribution in [0, 0.1) is 17.8 Å². The average Bonchev–Trinajstić information content (AvgIpc) is 2.86. The molecule has 0 aliphatic heterocycles. The van der Waals surface area contributed by atoms with Crippen LogP contribution in [0.3, 0.4) is 0 Å². The van der Waals surface area contributed by atoms with E-state index in [9.17, 15) is 4.79 Å². The largest absolute Gasteiger partial charge is 0.477 e. The minimum Gasteiger partial charge on any atom is -0.477 e. The van der Waals surface area contributed by atoms with Crippen LogP contribution >= 0.6 is 0 Å². The van der Waals surface area contributed by atoms with E-state index < -0.39 is 20.0 Å². The van der Waals surface area contributed by atoms with E-state index in [1.165, 1.54) is 0 Å². The molecule has 0 saturated carbocycles. The zero-order valence-electron chi connectivity index (χ0n) is 14.2. The first-order valence-corrected chi connectivity index (χ1v) is 11.3. The normalized spacial score (nSPS) is 12.7. The minimum atomic E-state index is -1.24. The molecule has 0 bridgehead atoms. The number of hydrogen-bond donors (Lipinski definition) is 2. The molecule has 0 aliphatic carbocycles. The highest BCUT2D eigenvalue weighted by Crippen LogP contribution is 2.21. The topological polar surface area (TPSA) is 88.2 Å². The maximum atomic E-state index is 11.1. The molecule has 0 aromatic carbocycles. The summed E-state index contributed by atoms with van der Waals surface area (Å²) in [6.45, 7) is 9.55. The van der Waals surface area contributed by atoms with Crippen LogP contribution in [0.2, 0.25) is 25.7 Å². The lowest BCUT2D eigenvalue weighted by molar-refractivity contribution is -0.129. The Morgan fingerprint density at radius 3 is 2.70 bits per heavy atom. The number of carboxylic acids is 1. The Kier molecular flexibility index (Phi) is 6.73. The number of hydrogen-bond acceptors (Lipinski definition) is 4. The van der Waals surface area contributed by atoms with Crippen molar-refractivity contribution in [3.8, 4) is 12.3 Å². The number of terminal acetylenes is 1. The molecule has 0 fully saturated rings. The van der Waals surface area contributed by atoms with Crippen molar-refractivity contribution in [1.29, 1.82) is 5.41 Å². The minimum absolute atomic E-state index is 0.262. The Morgan fingerprint density at radius 1 is 1.57 bits per heavy atom. The van der Waals surface area contributed by atoms with Crippen molar-refractivity contribution in [1.82, 2.24) is 9.55 Å². The third kappa shape index (κ3) is 5.66. The van der Waals surface area contributed by atoms with Crippen LogP contribution in [-0.2, 0) is 16.3 Å². The number of imidazole rings is 1. The monoisotopic (exact) mass is 335 g/mol. The molecular weight excluding hydrogens is 310 g/mol. The van der Waals surface area contributed by atoms with Gasteiger partial charge in [-0.2, -0.15) is 0 Å². The molecule has 2 N–H and O–H groups in total. The van der Waals surface area contributed by atoms with Gasteiger partial charge < -0.3 is 14.4 Å². The highest BCUT2D eigenvalue weighted by Gasteiger charge is 2.26. The summed E-state index contributed by atoms with van der Waals surface area (Å²) in [4.78, 5) is 15.4. The second kappa shape index (κ2) is 8.08. The third-order valence-corrected chi connectivity index (χ3v) is 5.18. The molecule has 23 heavy (non-hydrogen) atoms. The van der Waals surface area contributed by atoms with Crippen LogP contribution in [0.4, 0.5) is 0 Å². The second-order valence-corrected chi connectivity index (χ2v) is 12.2. The zero-order chi connectivity index (χ0) is 17.6. The predicted octanol–water partition coefficient (Wildman–Crippen LogP) is 2.77. The van der Waals surface area contributed by atoms with E-state index in [0.29, 0.717) is 24.5 Å². The van der Waals surface area contributed by atoms with Gasteiger partial charge in [-0.05, 0) is 18.4 Å². The molecule has 0 amide bonds. The second-order valence-electron chi connectivity index (χ2n) is 6.63. The summed E-state index contributed by atoms with van der Waals surface area (Å²) in [5.74, 6) is 1.08. The average molecular weight is 335 g/mol. The maximum absolute atomic E-state index is 11.1. The molecule has 0 aliphatic rings. The van der Waals surface area contributed by atoms with Gasteiger partial charge in [0.1, 0.15) is 24.0 Å². The lowest BCUT2D eigenvalue weighted by atomic mass is 9.99. The maximum Gasteiger partial charge on any atom is 0.350 e. The Morgan fingerprint density at radius 2 is 2.22 bits per heavy atom. The van der Waals surface area contributed by atoms with Gasteiger partial charge in [-0.3, -0.25) is 5.41 Å². The Labute approximate surface area is 138 Å². The smallest absolute Gasteiger partial charge is 0.350 e. The van der Waals surface area contributed by atoms with Crippen LogP contribution in [0.1, 0.15) is 30.8 Å². The van der Waals surface area contributed by atoms with Crippen molar-refractivity contribution in [2.24, 2.45) is 0 Å². The molecule has 1 atom stereocenters. The first-order chi connectivity index (χ1) is 10.7. The van der Waals surface area contributed by atoms with E-state index in [1.807, 2.05) is 6.92 Å². The molecule has 0 saturated heterocycles. The fourth-order valence-electron chi connectivity index (χ4n) is 2.09.